The first-order chi connectivity index (χ1) is 16.8. The fourth-order valence-corrected chi connectivity index (χ4v) is 4.83. The highest BCUT2D eigenvalue weighted by molar-refractivity contribution is 7.13. The summed E-state index contributed by atoms with van der Waals surface area (Å²) in [5, 5.41) is 5.43. The van der Waals surface area contributed by atoms with Gasteiger partial charge in [0.2, 0.25) is 5.91 Å². The van der Waals surface area contributed by atoms with Crippen molar-refractivity contribution in [3.63, 3.8) is 0 Å². The fourth-order valence-electron chi connectivity index (χ4n) is 4.11. The van der Waals surface area contributed by atoms with Crippen molar-refractivity contribution in [2.24, 2.45) is 5.41 Å². The van der Waals surface area contributed by atoms with Gasteiger partial charge in [-0.25, -0.2) is 4.79 Å². The van der Waals surface area contributed by atoms with Crippen LogP contribution in [0.5, 0.6) is 0 Å². The number of nitrogen functional groups attached to an aromatic ring is 1. The summed E-state index contributed by atoms with van der Waals surface area (Å²) in [6.07, 6.45) is 5.94. The normalized spacial score (nSPS) is 17.3. The topological polar surface area (TPSA) is 110 Å². The lowest BCUT2D eigenvalue weighted by atomic mass is 9.81. The van der Waals surface area contributed by atoms with Crippen LogP contribution >= 0.6 is 11.3 Å². The van der Waals surface area contributed by atoms with Crippen molar-refractivity contribution in [3.05, 3.63) is 105 Å². The Morgan fingerprint density at radius 2 is 2.00 bits per heavy atom. The highest BCUT2D eigenvalue weighted by Crippen LogP contribution is 2.34. The van der Waals surface area contributed by atoms with Gasteiger partial charge >= 0.3 is 5.69 Å². The molecule has 2 heterocycles. The number of carbonyl (C=O) groups is 1. The average Bonchev–Trinajstić information content (AvgIpc) is 3.39. The maximum Gasteiger partial charge on any atom is 0.329 e. The lowest BCUT2D eigenvalue weighted by molar-refractivity contribution is -0.122. The number of fused-ring (bicyclic) bond motifs is 1. The highest BCUT2D eigenvalue weighted by Gasteiger charge is 2.32. The summed E-state index contributed by atoms with van der Waals surface area (Å²) in [6, 6.07) is 16.5. The van der Waals surface area contributed by atoms with Gasteiger partial charge < -0.3 is 16.0 Å². The van der Waals surface area contributed by atoms with E-state index in [9.17, 15) is 14.4 Å². The van der Waals surface area contributed by atoms with E-state index in [1.54, 1.807) is 47.7 Å². The molecule has 2 aromatic heterocycles. The quantitative estimate of drug-likeness (QED) is 0.362. The average molecular weight is 485 g/mol. The minimum Gasteiger partial charge on any atom is -0.397 e. The number of nitrogens with two attached hydrogens (primary N) is 1. The fraction of sp³-hybridized carbons (Fsp3) is 0.148. The number of allylic oxidation sites excluding steroid dienone is 3. The van der Waals surface area contributed by atoms with Gasteiger partial charge in [0.25, 0.3) is 5.56 Å². The van der Waals surface area contributed by atoms with E-state index in [2.05, 4.69) is 10.3 Å². The van der Waals surface area contributed by atoms with Crippen molar-refractivity contribution >= 4 is 39.5 Å². The minimum absolute atomic E-state index is 0.128. The molecule has 0 fully saturated rings. The van der Waals surface area contributed by atoms with Gasteiger partial charge in [-0.1, -0.05) is 42.5 Å². The number of hydrogen-bond donors (Lipinski definition) is 3. The summed E-state index contributed by atoms with van der Waals surface area (Å²) in [4.78, 5) is 42.4. The molecule has 0 saturated carbocycles. The zero-order valence-electron chi connectivity index (χ0n) is 19.1. The maximum absolute atomic E-state index is 13.2. The molecule has 0 saturated heterocycles. The molecule has 0 aliphatic heterocycles. The van der Waals surface area contributed by atoms with Crippen molar-refractivity contribution in [1.29, 1.82) is 0 Å². The van der Waals surface area contributed by atoms with Gasteiger partial charge in [0.1, 0.15) is 0 Å². The Labute approximate surface area is 205 Å². The molecule has 0 bridgehead atoms. The number of para-hydroxylation sites is 1. The number of amides is 1. The molecule has 1 unspecified atom stereocenters. The largest absolute Gasteiger partial charge is 0.397 e. The Morgan fingerprint density at radius 3 is 2.74 bits per heavy atom. The zero-order valence-corrected chi connectivity index (χ0v) is 19.9. The summed E-state index contributed by atoms with van der Waals surface area (Å²) in [5.74, 6) is -0.181. The van der Waals surface area contributed by atoms with E-state index >= 15 is 0 Å². The molecule has 0 radical (unpaired) electrons. The van der Waals surface area contributed by atoms with Crippen LogP contribution in [0.25, 0.3) is 21.3 Å². The molecule has 8 heteroatoms. The van der Waals surface area contributed by atoms with Gasteiger partial charge in [-0.15, -0.1) is 11.3 Å². The van der Waals surface area contributed by atoms with Gasteiger partial charge in [-0.05, 0) is 60.2 Å². The van der Waals surface area contributed by atoms with E-state index in [0.29, 0.717) is 28.7 Å². The second kappa shape index (κ2) is 8.88. The highest BCUT2D eigenvalue weighted by atomic mass is 32.1. The van der Waals surface area contributed by atoms with E-state index in [1.165, 1.54) is 4.57 Å². The first kappa shape index (κ1) is 22.6. The lowest BCUT2D eigenvalue weighted by Crippen LogP contribution is -2.36. The molecule has 1 aliphatic carbocycles. The van der Waals surface area contributed by atoms with Crippen molar-refractivity contribution < 1.29 is 4.79 Å². The number of rotatable bonds is 5. The molecule has 4 aromatic rings. The van der Waals surface area contributed by atoms with Crippen LogP contribution in [0, 0.1) is 5.41 Å². The van der Waals surface area contributed by atoms with E-state index in [0.717, 1.165) is 16.0 Å². The Kier molecular flexibility index (Phi) is 5.74. The molecule has 176 valence electrons. The summed E-state index contributed by atoms with van der Waals surface area (Å²) in [7, 11) is 0. The van der Waals surface area contributed by atoms with Gasteiger partial charge in [0.15, 0.2) is 0 Å². The second-order valence-electron chi connectivity index (χ2n) is 8.83. The van der Waals surface area contributed by atoms with Crippen molar-refractivity contribution in [1.82, 2.24) is 9.55 Å². The smallest absolute Gasteiger partial charge is 0.329 e. The second-order valence-corrected chi connectivity index (χ2v) is 9.78. The first-order valence-corrected chi connectivity index (χ1v) is 12.1. The summed E-state index contributed by atoms with van der Waals surface area (Å²) in [6.45, 7) is 1.98. The van der Waals surface area contributed by atoms with E-state index in [1.807, 2.05) is 48.7 Å². The summed E-state index contributed by atoms with van der Waals surface area (Å²) < 4.78 is 1.18. The number of hydrogen-bond acceptors (Lipinski definition) is 5. The summed E-state index contributed by atoms with van der Waals surface area (Å²) in [5.41, 5.74) is 7.89. The molecule has 5 rings (SSSR count). The molecular formula is C27H24N4O3S. The Hall–Kier alpha value is -4.17. The van der Waals surface area contributed by atoms with Crippen molar-refractivity contribution in [2.75, 3.05) is 11.1 Å². The Morgan fingerprint density at radius 1 is 1.17 bits per heavy atom. The zero-order chi connectivity index (χ0) is 24.6. The maximum atomic E-state index is 13.2. The van der Waals surface area contributed by atoms with E-state index in [-0.39, 0.29) is 18.0 Å². The number of aromatic nitrogens is 2. The van der Waals surface area contributed by atoms with Crippen LogP contribution < -0.4 is 22.3 Å². The van der Waals surface area contributed by atoms with Crippen molar-refractivity contribution in [3.8, 4) is 10.4 Å². The number of nitrogens with one attached hydrogen (secondary N) is 2. The standard InChI is InChI=1S/C27H24N4O3S/c1-27(25(33)29-22-15-18(8-9-20(22)28)23-7-4-14-35-23)12-10-17(11-13-27)16-31-24(32)19-5-2-3-6-21(19)30-26(31)34/h2-12,14-15H,13,16,28H2,1H3,(H,29,33)(H,30,34). The van der Waals surface area contributed by atoms with Crippen LogP contribution in [0.1, 0.15) is 13.3 Å². The molecule has 1 amide bonds. The third kappa shape index (κ3) is 4.36. The molecule has 35 heavy (non-hydrogen) atoms. The molecular weight excluding hydrogens is 460 g/mol. The third-order valence-corrected chi connectivity index (χ3v) is 7.23. The van der Waals surface area contributed by atoms with Gasteiger partial charge in [-0.2, -0.15) is 0 Å². The molecule has 0 spiro atoms. The number of nitrogens with zero attached hydrogens (tertiary/aromatic N) is 1. The molecule has 1 aliphatic rings. The predicted molar refractivity (Wildman–Crippen MR) is 142 cm³/mol. The van der Waals surface area contributed by atoms with Gasteiger partial charge in [0.05, 0.1) is 34.2 Å². The lowest BCUT2D eigenvalue weighted by Gasteiger charge is -2.27. The number of anilines is 2. The predicted octanol–water partition coefficient (Wildman–Crippen LogP) is 4.53. The Bertz CT molecular complexity index is 1610. The summed E-state index contributed by atoms with van der Waals surface area (Å²) >= 11 is 1.62. The van der Waals surface area contributed by atoms with Gasteiger partial charge in [0, 0.05) is 4.88 Å². The number of thiophene rings is 1. The first-order valence-electron chi connectivity index (χ1n) is 11.2. The molecule has 1 atom stereocenters. The number of benzene rings is 2. The van der Waals surface area contributed by atoms with Crippen LogP contribution in [0.3, 0.4) is 0 Å². The molecule has 2 aromatic carbocycles. The van der Waals surface area contributed by atoms with Crippen LogP contribution in [0.4, 0.5) is 11.4 Å². The van der Waals surface area contributed by atoms with Crippen LogP contribution in [-0.4, -0.2) is 15.5 Å². The SMILES string of the molecule is CC1(C(=O)Nc2cc(-c3cccs3)ccc2N)C=CC(Cn2c(=O)[nH]c3ccccc3c2=O)=CC1. The monoisotopic (exact) mass is 484 g/mol. The Balaban J connectivity index is 1.33. The van der Waals surface area contributed by atoms with E-state index in [4.69, 9.17) is 5.73 Å². The third-order valence-electron chi connectivity index (χ3n) is 6.31. The number of carbonyl (C=O) groups excluding carboxylic acids is 1. The van der Waals surface area contributed by atoms with Crippen LogP contribution in [-0.2, 0) is 11.3 Å². The van der Waals surface area contributed by atoms with Crippen molar-refractivity contribution in [2.45, 2.75) is 19.9 Å². The number of H-pyrrole nitrogens is 1. The van der Waals surface area contributed by atoms with Crippen LogP contribution in [0.2, 0.25) is 0 Å². The van der Waals surface area contributed by atoms with E-state index < -0.39 is 11.1 Å². The molecule has 7 nitrogen and oxygen atoms in total. The van der Waals surface area contributed by atoms with Gasteiger partial charge in [-0.3, -0.25) is 14.2 Å². The number of aromatic amines is 1. The van der Waals surface area contributed by atoms with Crippen LogP contribution in [0.15, 0.2) is 93.4 Å². The molecule has 4 N–H and O–H groups in total. The minimum atomic E-state index is -0.796.